The second-order valence-electron chi connectivity index (χ2n) is 5.24. The Morgan fingerprint density at radius 1 is 1.39 bits per heavy atom. The minimum absolute atomic E-state index is 0.160. The second kappa shape index (κ2) is 5.76. The number of pyridine rings is 1. The Labute approximate surface area is 108 Å². The molecule has 4 heteroatoms. The Kier molecular flexibility index (Phi) is 4.30. The van der Waals surface area contributed by atoms with Crippen molar-refractivity contribution in [3.05, 3.63) is 29.8 Å². The van der Waals surface area contributed by atoms with Crippen LogP contribution in [0.25, 0.3) is 0 Å². The lowest BCUT2D eigenvalue weighted by Crippen LogP contribution is -2.50. The molecule has 1 aliphatic rings. The van der Waals surface area contributed by atoms with Crippen LogP contribution in [0.3, 0.4) is 0 Å². The first-order valence-electron chi connectivity index (χ1n) is 6.72. The van der Waals surface area contributed by atoms with Crippen LogP contribution in [-0.4, -0.2) is 28.5 Å². The number of hydrogen-bond acceptors (Lipinski definition) is 3. The quantitative estimate of drug-likeness (QED) is 0.897. The van der Waals surface area contributed by atoms with E-state index in [4.69, 9.17) is 5.73 Å². The van der Waals surface area contributed by atoms with Crippen molar-refractivity contribution in [1.82, 2.24) is 9.88 Å². The first kappa shape index (κ1) is 13.4. The number of hydrogen-bond donors (Lipinski definition) is 1. The van der Waals surface area contributed by atoms with Gasteiger partial charge in [-0.15, -0.1) is 0 Å². The molecule has 2 heterocycles. The molecular weight excluding hydrogens is 229 g/mol. The fourth-order valence-electron chi connectivity index (χ4n) is 2.83. The zero-order chi connectivity index (χ0) is 13.1. The number of rotatable bonds is 3. The van der Waals surface area contributed by atoms with E-state index in [1.165, 1.54) is 25.1 Å². The van der Waals surface area contributed by atoms with Crippen LogP contribution in [0.5, 0.6) is 0 Å². The smallest absolute Gasteiger partial charge is 0.141 e. The molecule has 0 spiro atoms. The van der Waals surface area contributed by atoms with Crippen LogP contribution < -0.4 is 5.73 Å². The number of likely N-dealkylation sites (tertiary alicyclic amines) is 1. The predicted molar refractivity (Wildman–Crippen MR) is 70.6 cm³/mol. The summed E-state index contributed by atoms with van der Waals surface area (Å²) in [5.41, 5.74) is 7.00. The van der Waals surface area contributed by atoms with Gasteiger partial charge in [-0.3, -0.25) is 9.88 Å². The summed E-state index contributed by atoms with van der Waals surface area (Å²) in [6.45, 7) is 5.24. The SMILES string of the molecule is CC(N)C1CCCCN1C(C)c1ccc(F)cn1. The summed E-state index contributed by atoms with van der Waals surface area (Å²) in [7, 11) is 0. The molecule has 0 bridgehead atoms. The van der Waals surface area contributed by atoms with Gasteiger partial charge in [-0.05, 0) is 45.4 Å². The topological polar surface area (TPSA) is 42.1 Å². The summed E-state index contributed by atoms with van der Waals surface area (Å²) >= 11 is 0. The van der Waals surface area contributed by atoms with Crippen LogP contribution in [0.2, 0.25) is 0 Å². The number of nitrogens with zero attached hydrogens (tertiary/aromatic N) is 2. The minimum atomic E-state index is -0.284. The van der Waals surface area contributed by atoms with Crippen molar-refractivity contribution in [2.75, 3.05) is 6.54 Å². The second-order valence-corrected chi connectivity index (χ2v) is 5.24. The van der Waals surface area contributed by atoms with E-state index in [0.29, 0.717) is 6.04 Å². The first-order chi connectivity index (χ1) is 8.59. The van der Waals surface area contributed by atoms with Crippen molar-refractivity contribution in [1.29, 1.82) is 0 Å². The molecule has 3 nitrogen and oxygen atoms in total. The Morgan fingerprint density at radius 3 is 2.78 bits per heavy atom. The lowest BCUT2D eigenvalue weighted by atomic mass is 9.94. The highest BCUT2D eigenvalue weighted by Crippen LogP contribution is 2.28. The molecule has 0 radical (unpaired) electrons. The summed E-state index contributed by atoms with van der Waals surface area (Å²) < 4.78 is 12.9. The lowest BCUT2D eigenvalue weighted by molar-refractivity contribution is 0.0870. The average Bonchev–Trinajstić information content (AvgIpc) is 2.39. The van der Waals surface area contributed by atoms with E-state index in [9.17, 15) is 4.39 Å². The van der Waals surface area contributed by atoms with Gasteiger partial charge in [0.25, 0.3) is 0 Å². The lowest BCUT2D eigenvalue weighted by Gasteiger charge is -2.41. The molecule has 1 aromatic heterocycles. The third-order valence-electron chi connectivity index (χ3n) is 3.87. The average molecular weight is 251 g/mol. The standard InChI is InChI=1S/C14H22FN3/c1-10(16)14-5-3-4-8-18(14)11(2)13-7-6-12(15)9-17-13/h6-7,9-11,14H,3-5,8,16H2,1-2H3. The maximum atomic E-state index is 12.9. The molecule has 0 aromatic carbocycles. The van der Waals surface area contributed by atoms with Crippen LogP contribution in [-0.2, 0) is 0 Å². The largest absolute Gasteiger partial charge is 0.327 e. The van der Waals surface area contributed by atoms with E-state index >= 15 is 0 Å². The van der Waals surface area contributed by atoms with Crippen LogP contribution in [0, 0.1) is 5.82 Å². The van der Waals surface area contributed by atoms with Gasteiger partial charge < -0.3 is 5.73 Å². The Morgan fingerprint density at radius 2 is 2.17 bits per heavy atom. The van der Waals surface area contributed by atoms with Gasteiger partial charge >= 0.3 is 0 Å². The van der Waals surface area contributed by atoms with E-state index in [-0.39, 0.29) is 17.9 Å². The molecule has 18 heavy (non-hydrogen) atoms. The third kappa shape index (κ3) is 2.87. The van der Waals surface area contributed by atoms with Gasteiger partial charge in [-0.2, -0.15) is 0 Å². The van der Waals surface area contributed by atoms with Crippen molar-refractivity contribution in [2.45, 2.75) is 51.2 Å². The summed E-state index contributed by atoms with van der Waals surface area (Å²) in [5, 5.41) is 0. The Balaban J connectivity index is 2.15. The van der Waals surface area contributed by atoms with E-state index in [2.05, 4.69) is 23.7 Å². The van der Waals surface area contributed by atoms with Crippen molar-refractivity contribution in [3.8, 4) is 0 Å². The molecule has 0 aliphatic carbocycles. The fourth-order valence-corrected chi connectivity index (χ4v) is 2.83. The van der Waals surface area contributed by atoms with Gasteiger partial charge in [0.05, 0.1) is 11.9 Å². The van der Waals surface area contributed by atoms with Crippen LogP contribution in [0.4, 0.5) is 4.39 Å². The number of aromatic nitrogens is 1. The molecule has 0 saturated carbocycles. The molecule has 3 atom stereocenters. The van der Waals surface area contributed by atoms with Crippen LogP contribution in [0.1, 0.15) is 44.8 Å². The molecule has 3 unspecified atom stereocenters. The molecule has 1 aromatic rings. The van der Waals surface area contributed by atoms with Crippen molar-refractivity contribution in [2.24, 2.45) is 5.73 Å². The van der Waals surface area contributed by atoms with E-state index < -0.39 is 0 Å². The van der Waals surface area contributed by atoms with Gasteiger partial charge in [0.1, 0.15) is 5.82 Å². The maximum Gasteiger partial charge on any atom is 0.141 e. The fraction of sp³-hybridized carbons (Fsp3) is 0.643. The molecule has 2 rings (SSSR count). The summed E-state index contributed by atoms with van der Waals surface area (Å²) in [5.74, 6) is -0.284. The van der Waals surface area contributed by atoms with E-state index in [1.807, 2.05) is 0 Å². The normalized spacial score (nSPS) is 24.8. The zero-order valence-corrected chi connectivity index (χ0v) is 11.1. The van der Waals surface area contributed by atoms with Crippen molar-refractivity contribution >= 4 is 0 Å². The Bertz CT molecular complexity index is 377. The predicted octanol–water partition coefficient (Wildman–Crippen LogP) is 2.48. The molecule has 100 valence electrons. The molecule has 1 fully saturated rings. The monoisotopic (exact) mass is 251 g/mol. The summed E-state index contributed by atoms with van der Waals surface area (Å²) in [6, 6.07) is 4.01. The van der Waals surface area contributed by atoms with Crippen LogP contribution >= 0.6 is 0 Å². The zero-order valence-electron chi connectivity index (χ0n) is 11.1. The van der Waals surface area contributed by atoms with Gasteiger partial charge in [-0.1, -0.05) is 6.42 Å². The highest BCUT2D eigenvalue weighted by atomic mass is 19.1. The van der Waals surface area contributed by atoms with Gasteiger partial charge in [-0.25, -0.2) is 4.39 Å². The maximum absolute atomic E-state index is 12.9. The van der Waals surface area contributed by atoms with Crippen LogP contribution in [0.15, 0.2) is 18.3 Å². The highest BCUT2D eigenvalue weighted by molar-refractivity contribution is 5.10. The number of piperidine rings is 1. The first-order valence-corrected chi connectivity index (χ1v) is 6.72. The minimum Gasteiger partial charge on any atom is -0.327 e. The van der Waals surface area contributed by atoms with E-state index in [0.717, 1.165) is 18.7 Å². The van der Waals surface area contributed by atoms with Crippen molar-refractivity contribution in [3.63, 3.8) is 0 Å². The molecule has 1 aliphatic heterocycles. The van der Waals surface area contributed by atoms with Gasteiger partial charge in [0, 0.05) is 18.1 Å². The molecule has 0 amide bonds. The number of nitrogens with two attached hydrogens (primary N) is 1. The third-order valence-corrected chi connectivity index (χ3v) is 3.87. The number of halogens is 1. The van der Waals surface area contributed by atoms with Gasteiger partial charge in [0.15, 0.2) is 0 Å². The highest BCUT2D eigenvalue weighted by Gasteiger charge is 2.30. The summed E-state index contributed by atoms with van der Waals surface area (Å²) in [4.78, 5) is 6.60. The molecule has 2 N–H and O–H groups in total. The van der Waals surface area contributed by atoms with E-state index in [1.54, 1.807) is 6.07 Å². The van der Waals surface area contributed by atoms with Crippen molar-refractivity contribution < 1.29 is 4.39 Å². The summed E-state index contributed by atoms with van der Waals surface area (Å²) in [6.07, 6.45) is 4.88. The van der Waals surface area contributed by atoms with Gasteiger partial charge in [0.2, 0.25) is 0 Å². The molecular formula is C14H22FN3. The Hall–Kier alpha value is -1.00. The molecule has 1 saturated heterocycles.